The molecular weight excluding hydrogens is 296 g/mol. The molecule has 96 valence electrons. The van der Waals surface area contributed by atoms with Crippen molar-refractivity contribution < 1.29 is 9.21 Å². The molecule has 2 saturated carbocycles. The van der Waals surface area contributed by atoms with Gasteiger partial charge in [-0.05, 0) is 65.1 Å². The Bertz CT molecular complexity index is 483. The highest BCUT2D eigenvalue weighted by Gasteiger charge is 2.38. The van der Waals surface area contributed by atoms with Crippen LogP contribution in [0.5, 0.6) is 0 Å². The molecule has 4 nitrogen and oxygen atoms in total. The van der Waals surface area contributed by atoms with Gasteiger partial charge in [0.05, 0.1) is 0 Å². The van der Waals surface area contributed by atoms with Gasteiger partial charge in [-0.3, -0.25) is 4.79 Å². The number of rotatable bonds is 3. The molecular formula is C13H15BrN2O2. The summed E-state index contributed by atoms with van der Waals surface area (Å²) in [7, 11) is 0. The van der Waals surface area contributed by atoms with E-state index in [9.17, 15) is 4.79 Å². The summed E-state index contributed by atoms with van der Waals surface area (Å²) in [6, 6.07) is 3.31. The maximum atomic E-state index is 11.7. The van der Waals surface area contributed by atoms with E-state index >= 15 is 0 Å². The molecule has 0 spiro atoms. The molecule has 3 atom stereocenters. The second-order valence-corrected chi connectivity index (χ2v) is 5.94. The number of nitrogens with one attached hydrogen (secondary N) is 1. The van der Waals surface area contributed by atoms with E-state index in [-0.39, 0.29) is 11.7 Å². The SMILES string of the molecule is O=C(N/N=C\[C@@H]1C[C@H]2CC[C@H]1C2)c1ccc(Br)o1. The Labute approximate surface area is 114 Å². The molecule has 2 aliphatic rings. The number of amides is 1. The number of hydrazone groups is 1. The maximum absolute atomic E-state index is 11.7. The Hall–Kier alpha value is -1.10. The molecule has 5 heteroatoms. The minimum atomic E-state index is -0.305. The summed E-state index contributed by atoms with van der Waals surface area (Å²) in [5.74, 6) is 2.19. The fourth-order valence-corrected chi connectivity index (χ4v) is 3.47. The summed E-state index contributed by atoms with van der Waals surface area (Å²) in [6.45, 7) is 0. The third kappa shape index (κ3) is 2.36. The topological polar surface area (TPSA) is 54.6 Å². The van der Waals surface area contributed by atoms with Crippen LogP contribution in [0.1, 0.15) is 36.2 Å². The van der Waals surface area contributed by atoms with E-state index in [0.717, 1.165) is 11.8 Å². The van der Waals surface area contributed by atoms with Gasteiger partial charge >= 0.3 is 5.91 Å². The highest BCUT2D eigenvalue weighted by molar-refractivity contribution is 9.10. The average Bonchev–Trinajstić information content (AvgIpc) is 3.04. The van der Waals surface area contributed by atoms with Crippen molar-refractivity contribution in [3.05, 3.63) is 22.6 Å². The molecule has 0 aromatic carbocycles. The quantitative estimate of drug-likeness (QED) is 0.688. The second-order valence-electron chi connectivity index (χ2n) is 5.16. The number of furan rings is 1. The number of carbonyl (C=O) groups is 1. The van der Waals surface area contributed by atoms with E-state index in [1.165, 1.54) is 25.7 Å². The second kappa shape index (κ2) is 4.88. The number of hydrogen-bond acceptors (Lipinski definition) is 3. The Kier molecular flexibility index (Phi) is 3.24. The zero-order valence-corrected chi connectivity index (χ0v) is 11.5. The molecule has 0 radical (unpaired) electrons. The Morgan fingerprint density at radius 3 is 2.94 bits per heavy atom. The normalized spacial score (nSPS) is 30.2. The van der Waals surface area contributed by atoms with Crippen LogP contribution in [0.2, 0.25) is 0 Å². The van der Waals surface area contributed by atoms with Crippen molar-refractivity contribution >= 4 is 28.1 Å². The van der Waals surface area contributed by atoms with Crippen molar-refractivity contribution in [1.82, 2.24) is 5.43 Å². The first kappa shape index (κ1) is 12.0. The summed E-state index contributed by atoms with van der Waals surface area (Å²) < 4.78 is 5.69. The minimum absolute atomic E-state index is 0.270. The van der Waals surface area contributed by atoms with Crippen LogP contribution >= 0.6 is 15.9 Å². The summed E-state index contributed by atoms with van der Waals surface area (Å²) in [6.07, 6.45) is 7.17. The van der Waals surface area contributed by atoms with Crippen LogP contribution in [0, 0.1) is 17.8 Å². The molecule has 1 amide bonds. The standard InChI is InChI=1S/C13H15BrN2O2/c14-12-4-3-11(18-12)13(17)16-15-7-10-6-8-1-2-9(10)5-8/h3-4,7-10H,1-2,5-6H2,(H,16,17)/b15-7-/t8-,9-,10-/m0/s1. The van der Waals surface area contributed by atoms with E-state index in [0.29, 0.717) is 10.6 Å². The fourth-order valence-electron chi connectivity index (χ4n) is 3.16. The summed E-state index contributed by atoms with van der Waals surface area (Å²) in [5.41, 5.74) is 2.51. The average molecular weight is 311 g/mol. The lowest BCUT2D eigenvalue weighted by Crippen LogP contribution is -2.19. The van der Waals surface area contributed by atoms with Gasteiger partial charge in [-0.15, -0.1) is 0 Å². The summed E-state index contributed by atoms with van der Waals surface area (Å²) >= 11 is 3.16. The monoisotopic (exact) mass is 310 g/mol. The predicted octanol–water partition coefficient (Wildman–Crippen LogP) is 3.19. The lowest BCUT2D eigenvalue weighted by molar-refractivity contribution is 0.0926. The Morgan fingerprint density at radius 1 is 1.44 bits per heavy atom. The van der Waals surface area contributed by atoms with Crippen LogP contribution in [-0.4, -0.2) is 12.1 Å². The van der Waals surface area contributed by atoms with Crippen molar-refractivity contribution in [2.24, 2.45) is 22.9 Å². The number of nitrogens with zero attached hydrogens (tertiary/aromatic N) is 1. The highest BCUT2D eigenvalue weighted by Crippen LogP contribution is 2.47. The third-order valence-electron chi connectivity index (χ3n) is 4.02. The lowest BCUT2D eigenvalue weighted by Gasteiger charge is -2.16. The maximum Gasteiger partial charge on any atom is 0.307 e. The van der Waals surface area contributed by atoms with Gasteiger partial charge in [0, 0.05) is 6.21 Å². The first-order valence-corrected chi connectivity index (χ1v) is 7.10. The van der Waals surface area contributed by atoms with Crippen LogP contribution < -0.4 is 5.43 Å². The van der Waals surface area contributed by atoms with E-state index in [4.69, 9.17) is 4.42 Å². The lowest BCUT2D eigenvalue weighted by atomic mass is 9.90. The van der Waals surface area contributed by atoms with Gasteiger partial charge in [-0.2, -0.15) is 5.10 Å². The third-order valence-corrected chi connectivity index (χ3v) is 4.45. The van der Waals surface area contributed by atoms with Crippen LogP contribution in [0.3, 0.4) is 0 Å². The molecule has 1 aromatic heterocycles. The number of fused-ring (bicyclic) bond motifs is 2. The van der Waals surface area contributed by atoms with Gasteiger partial charge in [0.15, 0.2) is 10.4 Å². The van der Waals surface area contributed by atoms with Gasteiger partial charge in [0.2, 0.25) is 0 Å². The molecule has 0 saturated heterocycles. The Balaban J connectivity index is 1.53. The first-order valence-electron chi connectivity index (χ1n) is 6.31. The molecule has 1 aromatic rings. The van der Waals surface area contributed by atoms with Crippen molar-refractivity contribution in [1.29, 1.82) is 0 Å². The van der Waals surface area contributed by atoms with Gasteiger partial charge in [-0.25, -0.2) is 5.43 Å². The molecule has 3 rings (SSSR count). The number of carbonyl (C=O) groups excluding carboxylic acids is 1. The largest absolute Gasteiger partial charge is 0.444 e. The van der Waals surface area contributed by atoms with Gasteiger partial charge in [0.25, 0.3) is 0 Å². The van der Waals surface area contributed by atoms with E-state index in [2.05, 4.69) is 26.5 Å². The summed E-state index contributed by atoms with van der Waals surface area (Å²) in [5, 5.41) is 4.06. The van der Waals surface area contributed by atoms with E-state index < -0.39 is 0 Å². The van der Waals surface area contributed by atoms with Crippen LogP contribution in [-0.2, 0) is 0 Å². The highest BCUT2D eigenvalue weighted by atomic mass is 79.9. The van der Waals surface area contributed by atoms with Crippen molar-refractivity contribution in [2.75, 3.05) is 0 Å². The first-order chi connectivity index (χ1) is 8.72. The van der Waals surface area contributed by atoms with Crippen LogP contribution in [0.15, 0.2) is 26.3 Å². The molecule has 0 unspecified atom stereocenters. The zero-order valence-electron chi connectivity index (χ0n) is 9.93. The molecule has 1 N–H and O–H groups in total. The minimum Gasteiger partial charge on any atom is -0.444 e. The smallest absolute Gasteiger partial charge is 0.307 e. The van der Waals surface area contributed by atoms with Crippen LogP contribution in [0.25, 0.3) is 0 Å². The van der Waals surface area contributed by atoms with E-state index in [1.54, 1.807) is 12.1 Å². The Morgan fingerprint density at radius 2 is 2.33 bits per heavy atom. The molecule has 18 heavy (non-hydrogen) atoms. The van der Waals surface area contributed by atoms with Crippen molar-refractivity contribution in [2.45, 2.75) is 25.7 Å². The molecule has 2 aliphatic carbocycles. The fraction of sp³-hybridized carbons (Fsp3) is 0.538. The van der Waals surface area contributed by atoms with Crippen LogP contribution in [0.4, 0.5) is 0 Å². The van der Waals surface area contributed by atoms with Gasteiger partial charge in [0.1, 0.15) is 0 Å². The number of hydrogen-bond donors (Lipinski definition) is 1. The molecule has 2 fully saturated rings. The van der Waals surface area contributed by atoms with Gasteiger partial charge in [-0.1, -0.05) is 6.42 Å². The van der Waals surface area contributed by atoms with Gasteiger partial charge < -0.3 is 4.42 Å². The van der Waals surface area contributed by atoms with E-state index in [1.807, 2.05) is 6.21 Å². The molecule has 1 heterocycles. The number of halogens is 1. The molecule has 2 bridgehead atoms. The summed E-state index contributed by atoms with van der Waals surface area (Å²) in [4.78, 5) is 11.7. The van der Waals surface area contributed by atoms with Crippen molar-refractivity contribution in [3.63, 3.8) is 0 Å². The molecule has 0 aliphatic heterocycles. The predicted molar refractivity (Wildman–Crippen MR) is 71.3 cm³/mol. The zero-order chi connectivity index (χ0) is 12.5. The van der Waals surface area contributed by atoms with Crippen molar-refractivity contribution in [3.8, 4) is 0 Å².